The third-order valence-corrected chi connectivity index (χ3v) is 7.01. The zero-order valence-electron chi connectivity index (χ0n) is 14.5. The molecule has 1 unspecified atom stereocenters. The van der Waals surface area contributed by atoms with Gasteiger partial charge in [0.2, 0.25) is 10.0 Å². The van der Waals surface area contributed by atoms with Crippen molar-refractivity contribution in [2.24, 2.45) is 5.92 Å². The fraction of sp³-hybridized carbons (Fsp3) is 0.368. The number of alkyl halides is 3. The number of rotatable bonds is 3. The zero-order valence-corrected chi connectivity index (χ0v) is 15.3. The van der Waals surface area contributed by atoms with Crippen LogP contribution in [0.5, 0.6) is 0 Å². The van der Waals surface area contributed by atoms with Gasteiger partial charge in [-0.15, -0.1) is 0 Å². The molecule has 8 heteroatoms. The Morgan fingerprint density at radius 1 is 1.04 bits per heavy atom. The molecule has 0 radical (unpaired) electrons. The van der Waals surface area contributed by atoms with Crippen molar-refractivity contribution in [2.45, 2.75) is 12.6 Å². The van der Waals surface area contributed by atoms with E-state index < -0.39 is 21.8 Å². The van der Waals surface area contributed by atoms with Crippen LogP contribution in [-0.2, 0) is 22.6 Å². The summed E-state index contributed by atoms with van der Waals surface area (Å²) in [4.78, 5) is 1.98. The highest BCUT2D eigenvalue weighted by Crippen LogP contribution is 2.37. The Balaban J connectivity index is 1.62. The van der Waals surface area contributed by atoms with Gasteiger partial charge in [-0.3, -0.25) is 0 Å². The number of fused-ring (bicyclic) bond motifs is 1. The first kappa shape index (κ1) is 18.3. The van der Waals surface area contributed by atoms with Gasteiger partial charge in [0.15, 0.2) is 0 Å². The first-order chi connectivity index (χ1) is 12.7. The van der Waals surface area contributed by atoms with Crippen molar-refractivity contribution in [1.29, 1.82) is 0 Å². The highest BCUT2D eigenvalue weighted by atomic mass is 32.2. The molecule has 2 aliphatic heterocycles. The predicted molar refractivity (Wildman–Crippen MR) is 97.4 cm³/mol. The van der Waals surface area contributed by atoms with Crippen LogP contribution in [0.25, 0.3) is 0 Å². The molecular weight excluding hydrogens is 377 g/mol. The van der Waals surface area contributed by atoms with Gasteiger partial charge in [-0.25, -0.2) is 12.7 Å². The Bertz CT molecular complexity index is 942. The molecule has 27 heavy (non-hydrogen) atoms. The maximum Gasteiger partial charge on any atom is 0.416 e. The van der Waals surface area contributed by atoms with E-state index in [2.05, 4.69) is 0 Å². The lowest BCUT2D eigenvalue weighted by molar-refractivity contribution is -0.137. The van der Waals surface area contributed by atoms with Crippen LogP contribution in [0.3, 0.4) is 0 Å². The van der Waals surface area contributed by atoms with Gasteiger partial charge in [0.1, 0.15) is 0 Å². The van der Waals surface area contributed by atoms with Crippen LogP contribution in [0.2, 0.25) is 0 Å². The van der Waals surface area contributed by atoms with Crippen molar-refractivity contribution in [2.75, 3.05) is 30.3 Å². The van der Waals surface area contributed by atoms with E-state index in [1.807, 2.05) is 29.2 Å². The van der Waals surface area contributed by atoms with E-state index in [4.69, 9.17) is 0 Å². The molecule has 144 valence electrons. The predicted octanol–water partition coefficient (Wildman–Crippen LogP) is 3.66. The molecule has 0 N–H and O–H groups in total. The second kappa shape index (κ2) is 6.53. The van der Waals surface area contributed by atoms with Crippen molar-refractivity contribution >= 4 is 21.4 Å². The van der Waals surface area contributed by atoms with Crippen molar-refractivity contribution in [1.82, 2.24) is 4.31 Å². The first-order valence-corrected chi connectivity index (χ1v) is 10.4. The lowest BCUT2D eigenvalue weighted by Crippen LogP contribution is -2.51. The number of sulfonamides is 1. The van der Waals surface area contributed by atoms with Crippen LogP contribution >= 0.6 is 0 Å². The van der Waals surface area contributed by atoms with Crippen LogP contribution in [0.1, 0.15) is 11.1 Å². The summed E-state index contributed by atoms with van der Waals surface area (Å²) in [6.07, 6.45) is -3.62. The molecule has 0 bridgehead atoms. The maximum atomic E-state index is 12.8. The van der Waals surface area contributed by atoms with E-state index in [-0.39, 0.29) is 11.7 Å². The Hall–Kier alpha value is -2.06. The van der Waals surface area contributed by atoms with Crippen molar-refractivity contribution in [3.05, 3.63) is 59.7 Å². The van der Waals surface area contributed by atoms with E-state index >= 15 is 0 Å². The average molecular weight is 396 g/mol. The molecule has 2 aromatic rings. The lowest BCUT2D eigenvalue weighted by atomic mass is 9.91. The fourth-order valence-electron chi connectivity index (χ4n) is 3.74. The molecule has 0 aliphatic carbocycles. The van der Waals surface area contributed by atoms with Crippen molar-refractivity contribution < 1.29 is 21.6 Å². The minimum Gasteiger partial charge on any atom is -0.341 e. The van der Waals surface area contributed by atoms with E-state index in [1.54, 1.807) is 0 Å². The summed E-state index contributed by atoms with van der Waals surface area (Å²) in [5, 5.41) is 0. The third-order valence-electron chi connectivity index (χ3n) is 5.19. The Kier molecular flexibility index (Phi) is 4.43. The highest BCUT2D eigenvalue weighted by Gasteiger charge is 2.36. The fourth-order valence-corrected chi connectivity index (χ4v) is 4.92. The first-order valence-electron chi connectivity index (χ1n) is 8.74. The van der Waals surface area contributed by atoms with Gasteiger partial charge >= 0.3 is 6.18 Å². The molecule has 1 atom stereocenters. The monoisotopic (exact) mass is 396 g/mol. The third kappa shape index (κ3) is 3.55. The molecule has 4 rings (SSSR count). The van der Waals surface area contributed by atoms with Gasteiger partial charge < -0.3 is 4.90 Å². The van der Waals surface area contributed by atoms with Crippen LogP contribution < -0.4 is 4.90 Å². The molecule has 0 aromatic heterocycles. The Morgan fingerprint density at radius 3 is 2.33 bits per heavy atom. The average Bonchev–Trinajstić information content (AvgIpc) is 2.64. The maximum absolute atomic E-state index is 12.8. The Morgan fingerprint density at radius 2 is 1.74 bits per heavy atom. The second-order valence-corrected chi connectivity index (χ2v) is 9.12. The minimum absolute atomic E-state index is 0.0808. The van der Waals surface area contributed by atoms with Gasteiger partial charge in [-0.1, -0.05) is 18.2 Å². The zero-order chi connectivity index (χ0) is 19.2. The number of anilines is 2. The smallest absolute Gasteiger partial charge is 0.341 e. The topological polar surface area (TPSA) is 40.6 Å². The summed E-state index contributed by atoms with van der Waals surface area (Å²) < 4.78 is 63.7. The standard InChI is InChI=1S/C19H19F3N2O2S/c20-19(21,22)16-5-7-17(8-6-16)24-13-14(12-23-9-10-27(23,25)26)11-15-3-1-2-4-18(15)24/h1-8,14H,9-13H2. The highest BCUT2D eigenvalue weighted by molar-refractivity contribution is 7.90. The number of para-hydroxylation sites is 1. The molecule has 2 aliphatic rings. The second-order valence-electron chi connectivity index (χ2n) is 7.03. The molecule has 1 saturated heterocycles. The molecule has 1 fully saturated rings. The van der Waals surface area contributed by atoms with Crippen molar-refractivity contribution in [3.63, 3.8) is 0 Å². The van der Waals surface area contributed by atoms with E-state index in [0.717, 1.165) is 29.8 Å². The molecule has 4 nitrogen and oxygen atoms in total. The van der Waals surface area contributed by atoms with Crippen LogP contribution in [-0.4, -0.2) is 38.1 Å². The minimum atomic E-state index is -4.37. The van der Waals surface area contributed by atoms with Crippen molar-refractivity contribution in [3.8, 4) is 0 Å². The summed E-state index contributed by atoms with van der Waals surface area (Å²) >= 11 is 0. The SMILES string of the molecule is O=S1(=O)CCN1CC1Cc2ccccc2N(c2ccc(C(F)(F)F)cc2)C1. The molecule has 0 amide bonds. The normalized spacial score (nSPS) is 22.2. The molecule has 0 saturated carbocycles. The van der Waals surface area contributed by atoms with Crippen LogP contribution in [0.15, 0.2) is 48.5 Å². The Labute approximate surface area is 156 Å². The summed E-state index contributed by atoms with van der Waals surface area (Å²) in [5.74, 6) is 0.274. The van der Waals surface area contributed by atoms with Crippen LogP contribution in [0, 0.1) is 5.92 Å². The number of benzene rings is 2. The summed E-state index contributed by atoms with van der Waals surface area (Å²) in [7, 11) is -3.11. The quantitative estimate of drug-likeness (QED) is 0.795. The number of halogens is 3. The molecule has 0 spiro atoms. The largest absolute Gasteiger partial charge is 0.416 e. The number of hydrogen-bond donors (Lipinski definition) is 0. The summed E-state index contributed by atoms with van der Waals surface area (Å²) in [6.45, 7) is 1.54. The molecule has 2 aromatic carbocycles. The van der Waals surface area contributed by atoms with E-state index in [0.29, 0.717) is 25.3 Å². The van der Waals surface area contributed by atoms with Gasteiger partial charge in [0, 0.05) is 31.0 Å². The van der Waals surface area contributed by atoms with Gasteiger partial charge in [0.25, 0.3) is 0 Å². The van der Waals surface area contributed by atoms with Gasteiger partial charge in [0.05, 0.1) is 11.3 Å². The number of nitrogens with zero attached hydrogens (tertiary/aromatic N) is 2. The number of hydrogen-bond acceptors (Lipinski definition) is 3. The van der Waals surface area contributed by atoms with E-state index in [1.165, 1.54) is 16.4 Å². The summed E-state index contributed by atoms with van der Waals surface area (Å²) in [5.41, 5.74) is 2.03. The summed E-state index contributed by atoms with van der Waals surface area (Å²) in [6, 6.07) is 12.9. The lowest BCUT2D eigenvalue weighted by Gasteiger charge is -2.40. The molecule has 2 heterocycles. The van der Waals surface area contributed by atoms with Gasteiger partial charge in [-0.2, -0.15) is 13.2 Å². The van der Waals surface area contributed by atoms with Gasteiger partial charge in [-0.05, 0) is 48.2 Å². The van der Waals surface area contributed by atoms with Crippen LogP contribution in [0.4, 0.5) is 24.5 Å². The van der Waals surface area contributed by atoms with E-state index in [9.17, 15) is 21.6 Å². The molecular formula is C19H19F3N2O2S.